The summed E-state index contributed by atoms with van der Waals surface area (Å²) in [6.45, 7) is 0. The SMILES string of the molecule is c1ccc(-c2nc(-c3ccccc3)nc(-c3cccc(-c4ccc5nc6c7ccccc7oc6n5c4)c3)n2)cc1. The van der Waals surface area contributed by atoms with Crippen LogP contribution in [0.25, 0.3) is 73.1 Å². The Morgan fingerprint density at radius 3 is 1.80 bits per heavy atom. The first kappa shape index (κ1) is 22.4. The van der Waals surface area contributed by atoms with E-state index in [4.69, 9.17) is 24.4 Å². The summed E-state index contributed by atoms with van der Waals surface area (Å²) in [6, 6.07) is 40.4. The highest BCUT2D eigenvalue weighted by Gasteiger charge is 2.15. The number of pyridine rings is 1. The lowest BCUT2D eigenvalue weighted by Gasteiger charge is -2.10. The fourth-order valence-corrected chi connectivity index (χ4v) is 5.10. The van der Waals surface area contributed by atoms with Gasteiger partial charge in [-0.25, -0.2) is 19.9 Å². The normalized spacial score (nSPS) is 11.5. The third kappa shape index (κ3) is 3.74. The van der Waals surface area contributed by atoms with Gasteiger partial charge in [0.2, 0.25) is 5.71 Å². The quantitative estimate of drug-likeness (QED) is 0.237. The molecule has 6 heteroatoms. The van der Waals surface area contributed by atoms with Crippen molar-refractivity contribution in [2.45, 2.75) is 0 Å². The molecule has 4 aromatic heterocycles. The summed E-state index contributed by atoms with van der Waals surface area (Å²) in [4.78, 5) is 19.4. The lowest BCUT2D eigenvalue weighted by atomic mass is 10.0. The summed E-state index contributed by atoms with van der Waals surface area (Å²) in [5.41, 5.74) is 8.17. The standard InChI is InChI=1S/C34H21N5O/c1-3-10-22(11-4-1)31-36-32(23-12-5-2-6-13-23)38-33(37-31)25-15-9-14-24(20-25)26-18-19-29-35-30-27-16-7-8-17-28(27)40-34(30)39(29)21-26/h1-21H. The van der Waals surface area contributed by atoms with Gasteiger partial charge in [0.25, 0.3) is 0 Å². The molecule has 0 radical (unpaired) electrons. The largest absolute Gasteiger partial charge is 0.437 e. The van der Waals surface area contributed by atoms with E-state index < -0.39 is 0 Å². The van der Waals surface area contributed by atoms with Crippen molar-refractivity contribution in [3.63, 3.8) is 0 Å². The smallest absolute Gasteiger partial charge is 0.232 e. The fourth-order valence-electron chi connectivity index (χ4n) is 5.10. The molecule has 0 aliphatic rings. The summed E-state index contributed by atoms with van der Waals surface area (Å²) in [7, 11) is 0. The molecule has 6 nitrogen and oxygen atoms in total. The first-order valence-corrected chi connectivity index (χ1v) is 13.1. The zero-order valence-corrected chi connectivity index (χ0v) is 21.3. The summed E-state index contributed by atoms with van der Waals surface area (Å²) >= 11 is 0. The Morgan fingerprint density at radius 2 is 1.07 bits per heavy atom. The number of para-hydroxylation sites is 1. The van der Waals surface area contributed by atoms with Crippen LogP contribution in [0.15, 0.2) is 132 Å². The average molecular weight is 516 g/mol. The maximum absolute atomic E-state index is 6.17. The van der Waals surface area contributed by atoms with Crippen molar-refractivity contribution >= 4 is 27.8 Å². The molecule has 40 heavy (non-hydrogen) atoms. The molecule has 0 saturated heterocycles. The highest BCUT2D eigenvalue weighted by atomic mass is 16.3. The van der Waals surface area contributed by atoms with E-state index in [1.54, 1.807) is 0 Å². The predicted molar refractivity (Wildman–Crippen MR) is 158 cm³/mol. The van der Waals surface area contributed by atoms with Crippen LogP contribution >= 0.6 is 0 Å². The highest BCUT2D eigenvalue weighted by Crippen LogP contribution is 2.32. The second-order valence-electron chi connectivity index (χ2n) is 9.63. The van der Waals surface area contributed by atoms with Crippen LogP contribution in [-0.4, -0.2) is 24.3 Å². The van der Waals surface area contributed by atoms with Gasteiger partial charge in [-0.05, 0) is 41.5 Å². The molecule has 0 aliphatic carbocycles. The molecule has 0 aliphatic heterocycles. The van der Waals surface area contributed by atoms with Crippen LogP contribution in [0.4, 0.5) is 0 Å². The fraction of sp³-hybridized carbons (Fsp3) is 0. The van der Waals surface area contributed by atoms with E-state index in [1.807, 2.05) is 108 Å². The van der Waals surface area contributed by atoms with E-state index in [9.17, 15) is 0 Å². The van der Waals surface area contributed by atoms with Crippen molar-refractivity contribution in [2.75, 3.05) is 0 Å². The molecular weight excluding hydrogens is 494 g/mol. The van der Waals surface area contributed by atoms with Crippen LogP contribution in [0.3, 0.4) is 0 Å². The van der Waals surface area contributed by atoms with Crippen molar-refractivity contribution in [3.8, 4) is 45.3 Å². The molecule has 4 heterocycles. The zero-order valence-electron chi connectivity index (χ0n) is 21.3. The van der Waals surface area contributed by atoms with Gasteiger partial charge >= 0.3 is 0 Å². The van der Waals surface area contributed by atoms with Gasteiger partial charge in [-0.3, -0.25) is 4.40 Å². The van der Waals surface area contributed by atoms with Crippen molar-refractivity contribution in [1.82, 2.24) is 24.3 Å². The van der Waals surface area contributed by atoms with E-state index in [2.05, 4.69) is 24.4 Å². The lowest BCUT2D eigenvalue weighted by molar-refractivity contribution is 0.649. The minimum absolute atomic E-state index is 0.623. The lowest BCUT2D eigenvalue weighted by Crippen LogP contribution is -2.00. The average Bonchev–Trinajstić information content (AvgIpc) is 3.58. The summed E-state index contributed by atoms with van der Waals surface area (Å²) in [5, 5.41) is 1.02. The van der Waals surface area contributed by atoms with Crippen LogP contribution in [0.2, 0.25) is 0 Å². The third-order valence-electron chi connectivity index (χ3n) is 7.08. The van der Waals surface area contributed by atoms with E-state index in [1.165, 1.54) is 0 Å². The van der Waals surface area contributed by atoms with Crippen molar-refractivity contribution < 1.29 is 4.42 Å². The highest BCUT2D eigenvalue weighted by molar-refractivity contribution is 6.02. The molecular formula is C34H21N5O. The second-order valence-corrected chi connectivity index (χ2v) is 9.63. The number of rotatable bonds is 4. The van der Waals surface area contributed by atoms with Gasteiger partial charge in [-0.1, -0.05) is 91.0 Å². The van der Waals surface area contributed by atoms with Gasteiger partial charge in [0.05, 0.1) is 0 Å². The summed E-state index contributed by atoms with van der Waals surface area (Å²) in [6.07, 6.45) is 2.07. The summed E-state index contributed by atoms with van der Waals surface area (Å²) in [5.74, 6) is 1.90. The number of benzene rings is 4. The summed E-state index contributed by atoms with van der Waals surface area (Å²) < 4.78 is 8.19. The third-order valence-corrected chi connectivity index (χ3v) is 7.08. The Labute approximate surface area is 229 Å². The number of fused-ring (bicyclic) bond motifs is 5. The van der Waals surface area contributed by atoms with E-state index in [0.29, 0.717) is 17.5 Å². The Bertz CT molecular complexity index is 2110. The molecule has 8 rings (SSSR count). The number of imidazole rings is 1. The maximum Gasteiger partial charge on any atom is 0.232 e. The molecule has 0 bridgehead atoms. The van der Waals surface area contributed by atoms with Crippen molar-refractivity contribution in [1.29, 1.82) is 0 Å². The van der Waals surface area contributed by atoms with Gasteiger partial charge in [0, 0.05) is 28.3 Å². The Morgan fingerprint density at radius 1 is 0.475 bits per heavy atom. The van der Waals surface area contributed by atoms with Gasteiger partial charge in [0.1, 0.15) is 16.7 Å². The van der Waals surface area contributed by atoms with Crippen LogP contribution in [0.5, 0.6) is 0 Å². The van der Waals surface area contributed by atoms with Crippen LogP contribution in [0.1, 0.15) is 0 Å². The molecule has 0 N–H and O–H groups in total. The number of hydrogen-bond acceptors (Lipinski definition) is 5. The van der Waals surface area contributed by atoms with Gasteiger partial charge in [0.15, 0.2) is 17.5 Å². The predicted octanol–water partition coefficient (Wildman–Crippen LogP) is 8.09. The number of nitrogens with zero attached hydrogens (tertiary/aromatic N) is 5. The van der Waals surface area contributed by atoms with E-state index in [0.717, 1.165) is 55.7 Å². The minimum Gasteiger partial charge on any atom is -0.437 e. The Hall–Kier alpha value is -5.62. The van der Waals surface area contributed by atoms with Gasteiger partial charge in [-0.2, -0.15) is 0 Å². The molecule has 0 saturated carbocycles. The Balaban J connectivity index is 1.26. The molecule has 4 aromatic carbocycles. The molecule has 188 valence electrons. The number of aromatic nitrogens is 5. The molecule has 0 spiro atoms. The van der Waals surface area contributed by atoms with Crippen molar-refractivity contribution in [3.05, 3.63) is 128 Å². The molecule has 8 aromatic rings. The maximum atomic E-state index is 6.17. The van der Waals surface area contributed by atoms with Gasteiger partial charge < -0.3 is 4.42 Å². The van der Waals surface area contributed by atoms with E-state index >= 15 is 0 Å². The van der Waals surface area contributed by atoms with Crippen LogP contribution < -0.4 is 0 Å². The first-order valence-electron chi connectivity index (χ1n) is 13.1. The molecule has 0 unspecified atom stereocenters. The monoisotopic (exact) mass is 515 g/mol. The molecule has 0 amide bonds. The Kier molecular flexibility index (Phi) is 5.03. The second kappa shape index (κ2) is 8.99. The van der Waals surface area contributed by atoms with Gasteiger partial charge in [-0.15, -0.1) is 0 Å². The topological polar surface area (TPSA) is 69.1 Å². The van der Waals surface area contributed by atoms with Crippen molar-refractivity contribution in [2.24, 2.45) is 0 Å². The van der Waals surface area contributed by atoms with E-state index in [-0.39, 0.29) is 0 Å². The van der Waals surface area contributed by atoms with Crippen LogP contribution in [-0.2, 0) is 0 Å². The number of furan rings is 1. The van der Waals surface area contributed by atoms with Crippen LogP contribution in [0, 0.1) is 0 Å². The zero-order chi connectivity index (χ0) is 26.5. The minimum atomic E-state index is 0.623. The molecule has 0 atom stereocenters. The molecule has 0 fully saturated rings. The number of hydrogen-bond donors (Lipinski definition) is 0. The first-order chi connectivity index (χ1) is 19.8.